The lowest BCUT2D eigenvalue weighted by Crippen LogP contribution is -2.47. The Kier molecular flexibility index (Phi) is 3.31. The van der Waals surface area contributed by atoms with Gasteiger partial charge in [-0.1, -0.05) is 12.1 Å². The smallest absolute Gasteiger partial charge is 0.258 e. The molecule has 0 saturated heterocycles. The standard InChI is InChI=1S/C19H21F2N5O/c1-10(2)26-15-13(7-22-26)12(6-14(23-15)11-4-5-11)16-24-17(25-27-16)18(3)8-19(20,21)9-18/h6-7,10-11H,4-5,8-9H2,1-3H3. The topological polar surface area (TPSA) is 69.6 Å². The molecule has 0 spiro atoms. The van der Waals surface area contributed by atoms with E-state index in [1.807, 2.05) is 10.7 Å². The Labute approximate surface area is 155 Å². The van der Waals surface area contributed by atoms with Crippen LogP contribution in [0.1, 0.15) is 69.9 Å². The number of halogens is 2. The summed E-state index contributed by atoms with van der Waals surface area (Å²) in [6.45, 7) is 5.87. The Morgan fingerprint density at radius 1 is 1.22 bits per heavy atom. The zero-order chi connectivity index (χ0) is 19.0. The third-order valence-electron chi connectivity index (χ3n) is 5.57. The van der Waals surface area contributed by atoms with Gasteiger partial charge >= 0.3 is 0 Å². The summed E-state index contributed by atoms with van der Waals surface area (Å²) in [4.78, 5) is 9.31. The first-order valence-corrected chi connectivity index (χ1v) is 9.36. The maximum Gasteiger partial charge on any atom is 0.258 e. The number of rotatable bonds is 4. The summed E-state index contributed by atoms with van der Waals surface area (Å²) in [5.74, 6) is -1.50. The molecule has 0 atom stereocenters. The molecule has 3 heterocycles. The molecule has 0 N–H and O–H groups in total. The summed E-state index contributed by atoms with van der Waals surface area (Å²) in [5.41, 5.74) is 1.84. The van der Waals surface area contributed by atoms with Crippen LogP contribution >= 0.6 is 0 Å². The Bertz CT molecular complexity index is 1030. The fraction of sp³-hybridized carbons (Fsp3) is 0.579. The van der Waals surface area contributed by atoms with Gasteiger partial charge < -0.3 is 4.52 Å². The Morgan fingerprint density at radius 3 is 2.59 bits per heavy atom. The van der Waals surface area contributed by atoms with Crippen LogP contribution in [0.5, 0.6) is 0 Å². The number of fused-ring (bicyclic) bond motifs is 1. The van der Waals surface area contributed by atoms with Crippen molar-refractivity contribution in [3.8, 4) is 11.5 Å². The second-order valence-electron chi connectivity index (χ2n) is 8.48. The van der Waals surface area contributed by atoms with E-state index < -0.39 is 11.3 Å². The van der Waals surface area contributed by atoms with Crippen molar-refractivity contribution in [2.75, 3.05) is 0 Å². The molecule has 6 nitrogen and oxygen atoms in total. The lowest BCUT2D eigenvalue weighted by Gasteiger charge is -2.42. The largest absolute Gasteiger partial charge is 0.334 e. The normalized spacial score (nSPS) is 21.0. The lowest BCUT2D eigenvalue weighted by molar-refractivity contribution is -0.123. The van der Waals surface area contributed by atoms with Gasteiger partial charge in [-0.2, -0.15) is 10.1 Å². The number of nitrogens with zero attached hydrogens (tertiary/aromatic N) is 5. The fourth-order valence-electron chi connectivity index (χ4n) is 4.01. The van der Waals surface area contributed by atoms with Gasteiger partial charge in [0.1, 0.15) is 0 Å². The molecule has 0 unspecified atom stereocenters. The predicted octanol–water partition coefficient (Wildman–Crippen LogP) is 4.63. The second kappa shape index (κ2) is 5.33. The summed E-state index contributed by atoms with van der Waals surface area (Å²) in [7, 11) is 0. The van der Waals surface area contributed by atoms with Crippen molar-refractivity contribution in [1.29, 1.82) is 0 Å². The van der Waals surface area contributed by atoms with E-state index in [2.05, 4.69) is 29.1 Å². The third-order valence-corrected chi connectivity index (χ3v) is 5.57. The first-order valence-electron chi connectivity index (χ1n) is 9.36. The maximum absolute atomic E-state index is 13.4. The molecule has 8 heteroatoms. The molecule has 5 rings (SSSR count). The molecule has 3 aromatic heterocycles. The van der Waals surface area contributed by atoms with Crippen molar-refractivity contribution in [2.45, 2.75) is 69.8 Å². The molecule has 2 aliphatic rings. The molecule has 2 saturated carbocycles. The van der Waals surface area contributed by atoms with Crippen molar-refractivity contribution >= 4 is 11.0 Å². The second-order valence-corrected chi connectivity index (χ2v) is 8.48. The van der Waals surface area contributed by atoms with Crippen LogP contribution in [0.4, 0.5) is 8.78 Å². The van der Waals surface area contributed by atoms with Crippen molar-refractivity contribution < 1.29 is 13.3 Å². The molecule has 142 valence electrons. The molecular formula is C19H21F2N5O. The van der Waals surface area contributed by atoms with Crippen LogP contribution in [0.25, 0.3) is 22.5 Å². The van der Waals surface area contributed by atoms with Crippen LogP contribution in [-0.2, 0) is 5.41 Å². The van der Waals surface area contributed by atoms with Crippen LogP contribution in [0.3, 0.4) is 0 Å². The molecule has 0 radical (unpaired) electrons. The minimum atomic E-state index is -2.64. The zero-order valence-corrected chi connectivity index (χ0v) is 15.5. The van der Waals surface area contributed by atoms with E-state index in [4.69, 9.17) is 9.51 Å². The van der Waals surface area contributed by atoms with E-state index >= 15 is 0 Å². The van der Waals surface area contributed by atoms with Gasteiger partial charge in [0.05, 0.1) is 17.1 Å². The lowest BCUT2D eigenvalue weighted by atomic mass is 9.67. The highest BCUT2D eigenvalue weighted by molar-refractivity contribution is 5.90. The Morgan fingerprint density at radius 2 is 1.96 bits per heavy atom. The van der Waals surface area contributed by atoms with Crippen molar-refractivity contribution in [2.24, 2.45) is 0 Å². The highest BCUT2D eigenvalue weighted by atomic mass is 19.3. The fourth-order valence-corrected chi connectivity index (χ4v) is 4.01. The average Bonchev–Trinajstić information content (AvgIpc) is 3.14. The molecule has 0 bridgehead atoms. The van der Waals surface area contributed by atoms with E-state index in [1.54, 1.807) is 13.1 Å². The number of pyridine rings is 1. The predicted molar refractivity (Wildman–Crippen MR) is 94.7 cm³/mol. The highest BCUT2D eigenvalue weighted by Gasteiger charge is 2.57. The van der Waals surface area contributed by atoms with Gasteiger partial charge in [0, 0.05) is 35.9 Å². The number of aromatic nitrogens is 5. The summed E-state index contributed by atoms with van der Waals surface area (Å²) >= 11 is 0. The minimum absolute atomic E-state index is 0.173. The molecular weight excluding hydrogens is 352 g/mol. The van der Waals surface area contributed by atoms with E-state index in [9.17, 15) is 8.78 Å². The van der Waals surface area contributed by atoms with Crippen molar-refractivity contribution in [3.63, 3.8) is 0 Å². The minimum Gasteiger partial charge on any atom is -0.334 e. The molecule has 0 aliphatic heterocycles. The number of hydrogen-bond acceptors (Lipinski definition) is 5. The van der Waals surface area contributed by atoms with Crippen LogP contribution in [0, 0.1) is 0 Å². The SMILES string of the molecule is CC(C)n1ncc2c(-c3nc(C4(C)CC(F)(F)C4)no3)cc(C3CC3)nc21. The first-order chi connectivity index (χ1) is 12.8. The van der Waals surface area contributed by atoms with E-state index in [0.717, 1.165) is 35.1 Å². The van der Waals surface area contributed by atoms with Gasteiger partial charge in [-0.25, -0.2) is 18.4 Å². The van der Waals surface area contributed by atoms with Crippen LogP contribution in [-0.4, -0.2) is 30.8 Å². The molecule has 0 amide bonds. The molecule has 3 aromatic rings. The molecule has 27 heavy (non-hydrogen) atoms. The number of alkyl halides is 2. The van der Waals surface area contributed by atoms with Crippen LogP contribution in [0.15, 0.2) is 16.8 Å². The van der Waals surface area contributed by atoms with Gasteiger partial charge in [0.25, 0.3) is 5.89 Å². The van der Waals surface area contributed by atoms with Gasteiger partial charge in [0.2, 0.25) is 5.92 Å². The highest BCUT2D eigenvalue weighted by Crippen LogP contribution is 2.52. The molecule has 2 fully saturated rings. The van der Waals surface area contributed by atoms with Gasteiger partial charge in [-0.15, -0.1) is 0 Å². The number of hydrogen-bond donors (Lipinski definition) is 0. The van der Waals surface area contributed by atoms with E-state index in [1.165, 1.54) is 0 Å². The summed E-state index contributed by atoms with van der Waals surface area (Å²) in [6, 6.07) is 2.16. The molecule has 2 aliphatic carbocycles. The van der Waals surface area contributed by atoms with E-state index in [-0.39, 0.29) is 18.9 Å². The summed E-state index contributed by atoms with van der Waals surface area (Å²) in [5, 5.41) is 9.33. The van der Waals surface area contributed by atoms with Crippen molar-refractivity contribution in [1.82, 2.24) is 24.9 Å². The van der Waals surface area contributed by atoms with Gasteiger partial charge in [-0.05, 0) is 32.8 Å². The van der Waals surface area contributed by atoms with Gasteiger partial charge in [0.15, 0.2) is 11.5 Å². The van der Waals surface area contributed by atoms with E-state index in [0.29, 0.717) is 17.6 Å². The van der Waals surface area contributed by atoms with Gasteiger partial charge in [-0.3, -0.25) is 0 Å². The quantitative estimate of drug-likeness (QED) is 0.667. The summed E-state index contributed by atoms with van der Waals surface area (Å²) in [6.07, 6.45) is 3.51. The summed E-state index contributed by atoms with van der Waals surface area (Å²) < 4.78 is 34.1. The monoisotopic (exact) mass is 373 g/mol. The zero-order valence-electron chi connectivity index (χ0n) is 15.5. The van der Waals surface area contributed by atoms with Crippen LogP contribution < -0.4 is 0 Å². The maximum atomic E-state index is 13.4. The molecule has 0 aromatic carbocycles. The third kappa shape index (κ3) is 2.64. The Hall–Kier alpha value is -2.38. The first kappa shape index (κ1) is 16.8. The van der Waals surface area contributed by atoms with Crippen molar-refractivity contribution in [3.05, 3.63) is 23.8 Å². The Balaban J connectivity index is 1.61. The van der Waals surface area contributed by atoms with Crippen LogP contribution in [0.2, 0.25) is 0 Å². The average molecular weight is 373 g/mol.